The zero-order valence-corrected chi connectivity index (χ0v) is 15.0. The van der Waals surface area contributed by atoms with Crippen LogP contribution in [0.5, 0.6) is 0 Å². The lowest BCUT2D eigenvalue weighted by molar-refractivity contribution is -0.145. The molecule has 1 N–H and O–H groups in total. The molecular weight excluding hydrogens is 369 g/mol. The number of amides is 1. The molecule has 1 aromatic carbocycles. The second kappa shape index (κ2) is 8.13. The van der Waals surface area contributed by atoms with Gasteiger partial charge in [-0.05, 0) is 18.2 Å². The highest BCUT2D eigenvalue weighted by Gasteiger charge is 2.17. The van der Waals surface area contributed by atoms with Crippen LogP contribution in [0.25, 0.3) is 0 Å². The highest BCUT2D eigenvalue weighted by molar-refractivity contribution is 6.40. The minimum absolute atomic E-state index is 0.0490. The Morgan fingerprint density at radius 3 is 2.48 bits per heavy atom. The van der Waals surface area contributed by atoms with E-state index in [2.05, 4.69) is 15.0 Å². The van der Waals surface area contributed by atoms with Gasteiger partial charge in [0.1, 0.15) is 5.82 Å². The summed E-state index contributed by atoms with van der Waals surface area (Å²) < 4.78 is 5.86. The molecule has 132 valence electrons. The molecule has 0 aliphatic heterocycles. The van der Waals surface area contributed by atoms with Crippen LogP contribution in [-0.4, -0.2) is 28.5 Å². The van der Waals surface area contributed by atoms with Gasteiger partial charge in [0.05, 0.1) is 28.6 Å². The number of halogens is 2. The van der Waals surface area contributed by atoms with E-state index in [4.69, 9.17) is 23.2 Å². The van der Waals surface area contributed by atoms with E-state index < -0.39 is 23.5 Å². The van der Waals surface area contributed by atoms with Crippen molar-refractivity contribution in [3.05, 3.63) is 56.6 Å². The normalized spacial score (nSPS) is 11.7. The molecule has 0 radical (unpaired) electrons. The number of nitrogens with one attached hydrogen (secondary N) is 1. The van der Waals surface area contributed by atoms with Crippen LogP contribution in [0.3, 0.4) is 0 Å². The molecule has 0 fully saturated rings. The zero-order chi connectivity index (χ0) is 18.6. The number of methoxy groups -OCH3 is 1. The quantitative estimate of drug-likeness (QED) is 0.801. The van der Waals surface area contributed by atoms with E-state index in [0.29, 0.717) is 0 Å². The number of benzene rings is 1. The van der Waals surface area contributed by atoms with E-state index in [1.54, 1.807) is 13.0 Å². The first-order chi connectivity index (χ1) is 11.8. The zero-order valence-electron chi connectivity index (χ0n) is 13.5. The first kappa shape index (κ1) is 19.0. The summed E-state index contributed by atoms with van der Waals surface area (Å²) >= 11 is 11.9. The largest absolute Gasteiger partial charge is 0.469 e. The molecule has 0 aliphatic rings. The molecule has 1 amide bonds. The van der Waals surface area contributed by atoms with Gasteiger partial charge in [-0.1, -0.05) is 36.2 Å². The van der Waals surface area contributed by atoms with Crippen LogP contribution in [0, 0.1) is 5.92 Å². The molecule has 0 spiro atoms. The Morgan fingerprint density at radius 1 is 1.28 bits per heavy atom. The molecule has 2 aromatic rings. The topological polar surface area (TPSA) is 90.3 Å². The van der Waals surface area contributed by atoms with Crippen molar-refractivity contribution in [2.45, 2.75) is 13.5 Å². The molecule has 0 saturated heterocycles. The Hall–Kier alpha value is -2.38. The van der Waals surface area contributed by atoms with Crippen LogP contribution in [0.2, 0.25) is 10.0 Å². The molecule has 1 atom stereocenters. The van der Waals surface area contributed by atoms with Crippen LogP contribution < -0.4 is 11.0 Å². The summed E-state index contributed by atoms with van der Waals surface area (Å²) in [6.45, 7) is 1.75. The third-order valence-electron chi connectivity index (χ3n) is 3.38. The lowest BCUT2D eigenvalue weighted by Gasteiger charge is -2.12. The number of rotatable bonds is 5. The molecule has 1 aromatic heterocycles. The average molecular weight is 384 g/mol. The van der Waals surface area contributed by atoms with Crippen LogP contribution in [0.1, 0.15) is 17.3 Å². The van der Waals surface area contributed by atoms with Crippen molar-refractivity contribution in [2.24, 2.45) is 5.92 Å². The Balaban J connectivity index is 2.17. The Labute approximate surface area is 153 Å². The third-order valence-corrected chi connectivity index (χ3v) is 4.01. The van der Waals surface area contributed by atoms with E-state index in [-0.39, 0.29) is 28.0 Å². The molecule has 0 saturated carbocycles. The standard InChI is InChI=1S/C16H15Cl2N3O4/c1-9(15(23)25-2)8-21-7-6-12(20-16(21)24)19-14(22)13-10(17)4-3-5-11(13)18/h3-7,9H,8H2,1-2H3,(H,19,20,22,24)/t9-/m0/s1. The minimum atomic E-state index is -0.612. The van der Waals surface area contributed by atoms with Crippen LogP contribution in [0.4, 0.5) is 5.82 Å². The number of anilines is 1. The van der Waals surface area contributed by atoms with Gasteiger partial charge in [-0.15, -0.1) is 0 Å². The molecule has 2 rings (SSSR count). The van der Waals surface area contributed by atoms with Crippen molar-refractivity contribution >= 4 is 40.9 Å². The monoisotopic (exact) mass is 383 g/mol. The first-order valence-corrected chi connectivity index (χ1v) is 7.99. The molecule has 9 heteroatoms. The molecule has 7 nitrogen and oxygen atoms in total. The van der Waals surface area contributed by atoms with E-state index in [9.17, 15) is 14.4 Å². The van der Waals surface area contributed by atoms with Crippen molar-refractivity contribution in [3.8, 4) is 0 Å². The lowest BCUT2D eigenvalue weighted by Crippen LogP contribution is -2.29. The summed E-state index contributed by atoms with van der Waals surface area (Å²) in [6, 6.07) is 6.11. The predicted molar refractivity (Wildman–Crippen MR) is 94.1 cm³/mol. The van der Waals surface area contributed by atoms with Gasteiger partial charge in [0.15, 0.2) is 0 Å². The van der Waals surface area contributed by atoms with Crippen molar-refractivity contribution in [1.29, 1.82) is 0 Å². The number of esters is 1. The summed E-state index contributed by atoms with van der Waals surface area (Å²) in [5.41, 5.74) is -0.519. The highest BCUT2D eigenvalue weighted by atomic mass is 35.5. The Bertz CT molecular complexity index is 846. The lowest BCUT2D eigenvalue weighted by atomic mass is 10.2. The van der Waals surface area contributed by atoms with E-state index in [1.165, 1.54) is 36.1 Å². The van der Waals surface area contributed by atoms with Gasteiger partial charge < -0.3 is 10.1 Å². The number of nitrogens with zero attached hydrogens (tertiary/aromatic N) is 2. The van der Waals surface area contributed by atoms with Gasteiger partial charge in [0.25, 0.3) is 5.91 Å². The second-order valence-corrected chi connectivity index (χ2v) is 6.04. The SMILES string of the molecule is COC(=O)[C@@H](C)Cn1ccc(NC(=O)c2c(Cl)cccc2Cl)nc1=O. The number of ether oxygens (including phenoxy) is 1. The third kappa shape index (κ3) is 4.58. The predicted octanol–water partition coefficient (Wildman–Crippen LogP) is 2.61. The van der Waals surface area contributed by atoms with Crippen LogP contribution in [0.15, 0.2) is 35.3 Å². The van der Waals surface area contributed by atoms with Crippen molar-refractivity contribution in [3.63, 3.8) is 0 Å². The van der Waals surface area contributed by atoms with Gasteiger partial charge >= 0.3 is 11.7 Å². The van der Waals surface area contributed by atoms with Gasteiger partial charge in [-0.2, -0.15) is 4.98 Å². The molecular formula is C16H15Cl2N3O4. The molecule has 25 heavy (non-hydrogen) atoms. The Morgan fingerprint density at radius 2 is 1.92 bits per heavy atom. The van der Waals surface area contributed by atoms with E-state index >= 15 is 0 Å². The fraction of sp³-hybridized carbons (Fsp3) is 0.250. The number of aromatic nitrogens is 2. The van der Waals surface area contributed by atoms with Gasteiger partial charge in [0.2, 0.25) is 0 Å². The number of hydrogen-bond acceptors (Lipinski definition) is 5. The van der Waals surface area contributed by atoms with Gasteiger partial charge in [-0.25, -0.2) is 4.79 Å². The number of hydrogen-bond donors (Lipinski definition) is 1. The maximum atomic E-state index is 12.3. The summed E-state index contributed by atoms with van der Waals surface area (Å²) in [5.74, 6) is -1.47. The maximum Gasteiger partial charge on any atom is 0.349 e. The van der Waals surface area contributed by atoms with Gasteiger partial charge in [-0.3, -0.25) is 14.2 Å². The maximum absolute atomic E-state index is 12.3. The summed E-state index contributed by atoms with van der Waals surface area (Å²) in [5, 5.41) is 2.84. The molecule has 0 unspecified atom stereocenters. The number of carbonyl (C=O) groups excluding carboxylic acids is 2. The number of carbonyl (C=O) groups is 2. The minimum Gasteiger partial charge on any atom is -0.469 e. The van der Waals surface area contributed by atoms with Crippen molar-refractivity contribution in [1.82, 2.24) is 9.55 Å². The first-order valence-electron chi connectivity index (χ1n) is 7.24. The molecule has 0 aliphatic carbocycles. The molecule has 1 heterocycles. The van der Waals surface area contributed by atoms with Gasteiger partial charge in [0, 0.05) is 12.7 Å². The van der Waals surface area contributed by atoms with Crippen molar-refractivity contribution < 1.29 is 14.3 Å². The summed E-state index contributed by atoms with van der Waals surface area (Å²) in [6.07, 6.45) is 1.43. The van der Waals surface area contributed by atoms with E-state index in [0.717, 1.165) is 0 Å². The summed E-state index contributed by atoms with van der Waals surface area (Å²) in [7, 11) is 1.28. The van der Waals surface area contributed by atoms with Crippen LogP contribution in [-0.2, 0) is 16.1 Å². The smallest absolute Gasteiger partial charge is 0.349 e. The summed E-state index contributed by atoms with van der Waals surface area (Å²) in [4.78, 5) is 39.5. The fourth-order valence-corrected chi connectivity index (χ4v) is 2.67. The molecule has 0 bridgehead atoms. The fourth-order valence-electron chi connectivity index (χ4n) is 2.10. The highest BCUT2D eigenvalue weighted by Crippen LogP contribution is 2.24. The average Bonchev–Trinajstić information content (AvgIpc) is 2.56. The van der Waals surface area contributed by atoms with E-state index in [1.807, 2.05) is 0 Å². The Kier molecular flexibility index (Phi) is 6.17. The second-order valence-electron chi connectivity index (χ2n) is 5.22. The van der Waals surface area contributed by atoms with Crippen molar-refractivity contribution in [2.75, 3.05) is 12.4 Å². The van der Waals surface area contributed by atoms with Crippen LogP contribution >= 0.6 is 23.2 Å².